The van der Waals surface area contributed by atoms with Crippen molar-refractivity contribution in [3.63, 3.8) is 0 Å². The molecule has 0 spiro atoms. The van der Waals surface area contributed by atoms with Crippen LogP contribution in [0.2, 0.25) is 5.02 Å². The summed E-state index contributed by atoms with van der Waals surface area (Å²) in [5.41, 5.74) is 3.63. The van der Waals surface area contributed by atoms with Gasteiger partial charge in [0.15, 0.2) is 0 Å². The quantitative estimate of drug-likeness (QED) is 0.451. The first-order chi connectivity index (χ1) is 9.93. The second kappa shape index (κ2) is 5.90. The largest absolute Gasteiger partial charge is 0.334 e. The normalized spacial score (nSPS) is 10.3. The highest BCUT2D eigenvalue weighted by Crippen LogP contribution is 2.31. The molecule has 0 aliphatic heterocycles. The molecule has 110 valence electrons. The molecule has 0 radical (unpaired) electrons. The van der Waals surface area contributed by atoms with Crippen molar-refractivity contribution in [2.24, 2.45) is 5.84 Å². The van der Waals surface area contributed by atoms with Crippen LogP contribution in [-0.2, 0) is 0 Å². The van der Waals surface area contributed by atoms with Gasteiger partial charge in [0.1, 0.15) is 5.69 Å². The van der Waals surface area contributed by atoms with Gasteiger partial charge in [0.05, 0.1) is 4.92 Å². The Kier molecular flexibility index (Phi) is 4.20. The van der Waals surface area contributed by atoms with E-state index in [9.17, 15) is 10.1 Å². The van der Waals surface area contributed by atoms with Crippen molar-refractivity contribution in [1.82, 2.24) is 9.97 Å². The SMILES string of the molecule is Cc1nc(NN)nc(Nc2cccc(Cl)c2C)c1[N+](=O)[O-]. The van der Waals surface area contributed by atoms with Crippen molar-refractivity contribution in [1.29, 1.82) is 0 Å². The molecular weight excluding hydrogens is 296 g/mol. The van der Waals surface area contributed by atoms with E-state index in [1.165, 1.54) is 6.92 Å². The summed E-state index contributed by atoms with van der Waals surface area (Å²) in [5.74, 6) is 5.40. The average Bonchev–Trinajstić information content (AvgIpc) is 2.42. The number of nitrogens with zero attached hydrogens (tertiary/aromatic N) is 3. The van der Waals surface area contributed by atoms with Gasteiger partial charge in [-0.1, -0.05) is 17.7 Å². The molecule has 1 aromatic carbocycles. The molecule has 0 aliphatic carbocycles. The lowest BCUT2D eigenvalue weighted by Gasteiger charge is -2.12. The zero-order chi connectivity index (χ0) is 15.6. The molecule has 0 bridgehead atoms. The average molecular weight is 309 g/mol. The van der Waals surface area contributed by atoms with E-state index < -0.39 is 4.92 Å². The van der Waals surface area contributed by atoms with E-state index in [2.05, 4.69) is 20.7 Å². The van der Waals surface area contributed by atoms with Crippen molar-refractivity contribution in [2.45, 2.75) is 13.8 Å². The second-order valence-electron chi connectivity index (χ2n) is 4.27. The maximum atomic E-state index is 11.2. The molecule has 0 atom stereocenters. The smallest absolute Gasteiger partial charge is 0.332 e. The Hall–Kier alpha value is -2.45. The summed E-state index contributed by atoms with van der Waals surface area (Å²) in [7, 11) is 0. The van der Waals surface area contributed by atoms with Crippen LogP contribution in [0.3, 0.4) is 0 Å². The fraction of sp³-hybridized carbons (Fsp3) is 0.167. The van der Waals surface area contributed by atoms with Crippen LogP contribution in [0.4, 0.5) is 23.1 Å². The minimum Gasteiger partial charge on any atom is -0.334 e. The van der Waals surface area contributed by atoms with Crippen molar-refractivity contribution >= 4 is 34.7 Å². The molecule has 2 rings (SSSR count). The predicted molar refractivity (Wildman–Crippen MR) is 80.7 cm³/mol. The Bertz CT molecular complexity index is 706. The number of nitrogens with two attached hydrogens (primary N) is 1. The van der Waals surface area contributed by atoms with E-state index in [-0.39, 0.29) is 23.1 Å². The number of rotatable bonds is 4. The first-order valence-corrected chi connectivity index (χ1v) is 6.33. The Morgan fingerprint density at radius 3 is 2.67 bits per heavy atom. The van der Waals surface area contributed by atoms with E-state index in [1.807, 2.05) is 0 Å². The van der Waals surface area contributed by atoms with Crippen LogP contribution in [0, 0.1) is 24.0 Å². The number of aryl methyl sites for hydroxylation is 1. The number of hydrazine groups is 1. The Morgan fingerprint density at radius 2 is 2.05 bits per heavy atom. The first-order valence-electron chi connectivity index (χ1n) is 5.95. The highest BCUT2D eigenvalue weighted by Gasteiger charge is 2.22. The number of nitrogen functional groups attached to an aromatic ring is 1. The molecule has 9 heteroatoms. The lowest BCUT2D eigenvalue weighted by molar-refractivity contribution is -0.385. The number of aromatic nitrogens is 2. The van der Waals surface area contributed by atoms with Crippen molar-refractivity contribution in [3.05, 3.63) is 44.6 Å². The summed E-state index contributed by atoms with van der Waals surface area (Å²) in [4.78, 5) is 18.5. The molecule has 2 aromatic rings. The Labute approximate surface area is 125 Å². The number of benzene rings is 1. The Morgan fingerprint density at radius 1 is 1.33 bits per heavy atom. The van der Waals surface area contributed by atoms with Gasteiger partial charge in [0, 0.05) is 10.7 Å². The van der Waals surface area contributed by atoms with Crippen LogP contribution in [0.25, 0.3) is 0 Å². The molecule has 0 fully saturated rings. The van der Waals surface area contributed by atoms with Gasteiger partial charge in [-0.15, -0.1) is 0 Å². The molecule has 4 N–H and O–H groups in total. The third-order valence-corrected chi connectivity index (χ3v) is 3.30. The summed E-state index contributed by atoms with van der Waals surface area (Å²) in [6.45, 7) is 3.31. The maximum Gasteiger partial charge on any atom is 0.332 e. The molecule has 0 amide bonds. The minimum absolute atomic E-state index is 0.0471. The van der Waals surface area contributed by atoms with Gasteiger partial charge in [0.25, 0.3) is 0 Å². The van der Waals surface area contributed by atoms with Crippen LogP contribution in [0.1, 0.15) is 11.3 Å². The van der Waals surface area contributed by atoms with E-state index >= 15 is 0 Å². The van der Waals surface area contributed by atoms with E-state index in [0.29, 0.717) is 10.7 Å². The monoisotopic (exact) mass is 308 g/mol. The second-order valence-corrected chi connectivity index (χ2v) is 4.68. The standard InChI is InChI=1S/C12H13ClN6O2/c1-6-8(13)4-3-5-9(6)16-11-10(19(20)21)7(2)15-12(17-11)18-14/h3-5H,14H2,1-2H3,(H2,15,16,17,18). The van der Waals surface area contributed by atoms with Gasteiger partial charge in [-0.2, -0.15) is 4.98 Å². The van der Waals surface area contributed by atoms with Crippen LogP contribution in [-0.4, -0.2) is 14.9 Å². The molecular formula is C12H13ClN6O2. The number of nitrogens with one attached hydrogen (secondary N) is 2. The zero-order valence-electron chi connectivity index (χ0n) is 11.3. The van der Waals surface area contributed by atoms with Crippen LogP contribution in [0.5, 0.6) is 0 Å². The summed E-state index contributed by atoms with van der Waals surface area (Å²) < 4.78 is 0. The predicted octanol–water partition coefficient (Wildman–Crippen LogP) is 2.68. The lowest BCUT2D eigenvalue weighted by Crippen LogP contribution is -2.13. The van der Waals surface area contributed by atoms with Crippen LogP contribution in [0.15, 0.2) is 18.2 Å². The van der Waals surface area contributed by atoms with E-state index in [1.54, 1.807) is 25.1 Å². The summed E-state index contributed by atoms with van der Waals surface area (Å²) >= 11 is 6.03. The number of hydrogen-bond donors (Lipinski definition) is 3. The number of halogens is 1. The van der Waals surface area contributed by atoms with Gasteiger partial charge in [-0.05, 0) is 31.5 Å². The van der Waals surface area contributed by atoms with Crippen molar-refractivity contribution in [3.8, 4) is 0 Å². The van der Waals surface area contributed by atoms with E-state index in [4.69, 9.17) is 17.4 Å². The zero-order valence-corrected chi connectivity index (χ0v) is 12.1. The van der Waals surface area contributed by atoms with Crippen LogP contribution < -0.4 is 16.6 Å². The molecule has 8 nitrogen and oxygen atoms in total. The molecule has 0 saturated heterocycles. The fourth-order valence-corrected chi connectivity index (χ4v) is 1.98. The highest BCUT2D eigenvalue weighted by molar-refractivity contribution is 6.31. The third kappa shape index (κ3) is 3.01. The van der Waals surface area contributed by atoms with Gasteiger partial charge < -0.3 is 5.32 Å². The molecule has 1 heterocycles. The van der Waals surface area contributed by atoms with Gasteiger partial charge >= 0.3 is 5.69 Å². The van der Waals surface area contributed by atoms with Gasteiger partial charge in [-0.25, -0.2) is 10.8 Å². The van der Waals surface area contributed by atoms with Gasteiger partial charge in [0.2, 0.25) is 11.8 Å². The Balaban J connectivity index is 2.54. The van der Waals surface area contributed by atoms with E-state index in [0.717, 1.165) is 5.56 Å². The number of nitro groups is 1. The molecule has 0 saturated carbocycles. The summed E-state index contributed by atoms with van der Waals surface area (Å²) in [6.07, 6.45) is 0. The maximum absolute atomic E-state index is 11.2. The molecule has 21 heavy (non-hydrogen) atoms. The minimum atomic E-state index is -0.544. The van der Waals surface area contributed by atoms with Gasteiger partial charge in [-0.3, -0.25) is 15.5 Å². The molecule has 0 unspecified atom stereocenters. The van der Waals surface area contributed by atoms with Crippen molar-refractivity contribution < 1.29 is 4.92 Å². The molecule has 1 aromatic heterocycles. The lowest BCUT2D eigenvalue weighted by atomic mass is 10.2. The number of anilines is 3. The summed E-state index contributed by atoms with van der Waals surface area (Å²) in [5, 5.41) is 14.6. The summed E-state index contributed by atoms with van der Waals surface area (Å²) in [6, 6.07) is 5.21. The third-order valence-electron chi connectivity index (χ3n) is 2.89. The fourth-order valence-electron chi connectivity index (χ4n) is 1.81. The van der Waals surface area contributed by atoms with Crippen molar-refractivity contribution in [2.75, 3.05) is 10.7 Å². The topological polar surface area (TPSA) is 119 Å². The molecule has 0 aliphatic rings. The van der Waals surface area contributed by atoms with Crippen LogP contribution >= 0.6 is 11.6 Å². The first kappa shape index (κ1) is 14.9. The number of hydrogen-bond acceptors (Lipinski definition) is 7. The highest BCUT2D eigenvalue weighted by atomic mass is 35.5.